The Balaban J connectivity index is 2.41. The molecule has 0 aromatic carbocycles. The molecule has 0 saturated carbocycles. The Bertz CT molecular complexity index is 597. The minimum Gasteiger partial charge on any atom is -0.0654 e. The summed E-state index contributed by atoms with van der Waals surface area (Å²) >= 11 is 0. The lowest BCUT2D eigenvalue weighted by molar-refractivity contribution is 0.524. The van der Waals surface area contributed by atoms with Crippen LogP contribution in [0.2, 0.25) is 0 Å². The summed E-state index contributed by atoms with van der Waals surface area (Å²) < 4.78 is 0. The maximum absolute atomic E-state index is 2.53. The maximum atomic E-state index is 2.53. The summed E-state index contributed by atoms with van der Waals surface area (Å²) in [6.45, 7) is 9.39. The number of fused-ring (bicyclic) bond motifs is 1. The van der Waals surface area contributed by atoms with Gasteiger partial charge >= 0.3 is 0 Å². The van der Waals surface area contributed by atoms with Crippen molar-refractivity contribution < 1.29 is 0 Å². The first-order valence-electron chi connectivity index (χ1n) is 11.3. The Kier molecular flexibility index (Phi) is 9.23. The van der Waals surface area contributed by atoms with E-state index in [0.29, 0.717) is 0 Å². The second-order valence-electron chi connectivity index (χ2n) is 7.99. The minimum absolute atomic E-state index is 0.719. The fourth-order valence-electron chi connectivity index (χ4n) is 4.54. The Hall–Kier alpha value is -1.30. The molecule has 0 fully saturated rings. The molecule has 0 nitrogen and oxygen atoms in total. The summed E-state index contributed by atoms with van der Waals surface area (Å²) in [5.41, 5.74) is 6.33. The summed E-state index contributed by atoms with van der Waals surface area (Å²) in [4.78, 5) is 0. The van der Waals surface area contributed by atoms with Gasteiger partial charge in [0.1, 0.15) is 0 Å². The molecule has 0 saturated heterocycles. The van der Waals surface area contributed by atoms with Crippen molar-refractivity contribution in [1.82, 2.24) is 0 Å². The molecule has 0 spiro atoms. The van der Waals surface area contributed by atoms with E-state index in [2.05, 4.69) is 64.1 Å². The van der Waals surface area contributed by atoms with Gasteiger partial charge in [-0.05, 0) is 59.8 Å². The Morgan fingerprint density at radius 2 is 1.31 bits per heavy atom. The molecule has 2 rings (SSSR count). The van der Waals surface area contributed by atoms with Crippen molar-refractivity contribution in [3.63, 3.8) is 0 Å². The second kappa shape index (κ2) is 11.4. The average Bonchev–Trinajstić information content (AvgIpc) is 2.85. The fraction of sp³-hybridized carbons (Fsp3) is 0.615. The van der Waals surface area contributed by atoms with Crippen molar-refractivity contribution in [3.05, 3.63) is 47.5 Å². The van der Waals surface area contributed by atoms with Crippen LogP contribution >= 0.6 is 0 Å². The molecule has 0 amide bonds. The third-order valence-electron chi connectivity index (χ3n) is 6.13. The van der Waals surface area contributed by atoms with Crippen LogP contribution in [0.5, 0.6) is 0 Å². The Morgan fingerprint density at radius 1 is 0.692 bits per heavy atom. The summed E-state index contributed by atoms with van der Waals surface area (Å²) in [7, 11) is 0. The molecule has 2 atom stereocenters. The zero-order valence-electron chi connectivity index (χ0n) is 17.7. The van der Waals surface area contributed by atoms with Crippen LogP contribution in [-0.2, 0) is 0 Å². The zero-order chi connectivity index (χ0) is 18.8. The third-order valence-corrected chi connectivity index (χ3v) is 6.13. The molecule has 0 heteroatoms. The summed E-state index contributed by atoms with van der Waals surface area (Å²) in [6, 6.07) is 13.8. The van der Waals surface area contributed by atoms with E-state index in [1.54, 1.807) is 11.1 Å². The number of hydrogen-bond acceptors (Lipinski definition) is 0. The van der Waals surface area contributed by atoms with Gasteiger partial charge in [0.15, 0.2) is 0 Å². The van der Waals surface area contributed by atoms with E-state index in [4.69, 9.17) is 0 Å². The molecule has 2 aliphatic rings. The highest BCUT2D eigenvalue weighted by Gasteiger charge is 2.25. The molecule has 0 radical (unpaired) electrons. The minimum atomic E-state index is 0.719. The quantitative estimate of drug-likeness (QED) is 0.334. The highest BCUT2D eigenvalue weighted by Crippen LogP contribution is 2.44. The normalized spacial score (nSPS) is 13.8. The van der Waals surface area contributed by atoms with Crippen LogP contribution in [-0.4, -0.2) is 0 Å². The van der Waals surface area contributed by atoms with E-state index in [0.717, 1.165) is 11.8 Å². The molecule has 144 valence electrons. The first kappa shape index (κ1) is 21.0. The molecular weight excluding hydrogens is 312 g/mol. The number of rotatable bonds is 12. The van der Waals surface area contributed by atoms with Crippen molar-refractivity contribution in [2.24, 2.45) is 0 Å². The summed E-state index contributed by atoms with van der Waals surface area (Å²) in [5.74, 6) is 1.45. The van der Waals surface area contributed by atoms with Gasteiger partial charge in [-0.25, -0.2) is 0 Å². The van der Waals surface area contributed by atoms with E-state index >= 15 is 0 Å². The lowest BCUT2D eigenvalue weighted by Gasteiger charge is -2.23. The predicted octanol–water partition coefficient (Wildman–Crippen LogP) is 8.94. The van der Waals surface area contributed by atoms with E-state index in [-0.39, 0.29) is 0 Å². The van der Waals surface area contributed by atoms with Crippen LogP contribution in [0.1, 0.15) is 115 Å². The van der Waals surface area contributed by atoms with Gasteiger partial charge in [0.2, 0.25) is 0 Å². The van der Waals surface area contributed by atoms with Crippen molar-refractivity contribution in [2.45, 2.75) is 104 Å². The van der Waals surface area contributed by atoms with Crippen LogP contribution in [0.25, 0.3) is 11.1 Å². The average molecular weight is 353 g/mol. The van der Waals surface area contributed by atoms with Crippen molar-refractivity contribution in [3.8, 4) is 11.1 Å². The molecule has 0 aliphatic heterocycles. The summed E-state index contributed by atoms with van der Waals surface area (Å²) in [6.07, 6.45) is 13.3. The molecule has 0 aromatic heterocycles. The number of hydrogen-bond donors (Lipinski definition) is 0. The first-order valence-corrected chi connectivity index (χ1v) is 11.3. The first-order chi connectivity index (χ1) is 12.8. The molecular formula is C26H40. The lowest BCUT2D eigenvalue weighted by Crippen LogP contribution is -2.05. The van der Waals surface area contributed by atoms with Gasteiger partial charge in [0.05, 0.1) is 0 Å². The van der Waals surface area contributed by atoms with Crippen molar-refractivity contribution >= 4 is 0 Å². The second-order valence-corrected chi connectivity index (χ2v) is 7.99. The standard InChI is InChI=1S/C26H40/c1-5-9-12-16-21(7-3)25-20-23-18-14-11-15-19-24(23)26(25)22(8-4)17-13-10-6-2/h11,14-15,18-22H,5-10,12-13,16-17H2,1-4H3. The van der Waals surface area contributed by atoms with Gasteiger partial charge in [-0.1, -0.05) is 103 Å². The van der Waals surface area contributed by atoms with Crippen LogP contribution in [0.3, 0.4) is 0 Å². The molecule has 0 bridgehead atoms. The third kappa shape index (κ3) is 5.35. The van der Waals surface area contributed by atoms with Crippen LogP contribution in [0, 0.1) is 0 Å². The topological polar surface area (TPSA) is 0 Å². The van der Waals surface area contributed by atoms with E-state index in [1.165, 1.54) is 75.3 Å². The monoisotopic (exact) mass is 352 g/mol. The van der Waals surface area contributed by atoms with Gasteiger partial charge in [0.25, 0.3) is 0 Å². The van der Waals surface area contributed by atoms with Crippen molar-refractivity contribution in [2.75, 3.05) is 0 Å². The zero-order valence-corrected chi connectivity index (χ0v) is 17.7. The van der Waals surface area contributed by atoms with Gasteiger partial charge in [0, 0.05) is 0 Å². The molecule has 2 unspecified atom stereocenters. The van der Waals surface area contributed by atoms with Gasteiger partial charge in [-0.3, -0.25) is 0 Å². The van der Waals surface area contributed by atoms with E-state index < -0.39 is 0 Å². The van der Waals surface area contributed by atoms with Crippen LogP contribution in [0.15, 0.2) is 36.4 Å². The van der Waals surface area contributed by atoms with Crippen LogP contribution in [0.4, 0.5) is 0 Å². The molecule has 0 aromatic rings. The maximum Gasteiger partial charge on any atom is -0.0146 e. The lowest BCUT2D eigenvalue weighted by atomic mass is 9.82. The fourth-order valence-corrected chi connectivity index (χ4v) is 4.54. The van der Waals surface area contributed by atoms with Gasteiger partial charge < -0.3 is 0 Å². The molecule has 0 N–H and O–H groups in total. The highest BCUT2D eigenvalue weighted by molar-refractivity contribution is 5.74. The van der Waals surface area contributed by atoms with E-state index in [9.17, 15) is 0 Å². The smallest absolute Gasteiger partial charge is 0.0146 e. The highest BCUT2D eigenvalue weighted by atomic mass is 14.3. The molecule has 0 heterocycles. The van der Waals surface area contributed by atoms with Gasteiger partial charge in [-0.2, -0.15) is 0 Å². The Morgan fingerprint density at radius 3 is 1.92 bits per heavy atom. The van der Waals surface area contributed by atoms with Gasteiger partial charge in [-0.15, -0.1) is 0 Å². The Labute approximate surface area is 162 Å². The summed E-state index contributed by atoms with van der Waals surface area (Å²) in [5, 5.41) is 0. The SMILES string of the molecule is CCCCCC(CC)c1cc2cccccc-2c1C(CC)CCCCC. The predicted molar refractivity (Wildman–Crippen MR) is 117 cm³/mol. The van der Waals surface area contributed by atoms with E-state index in [1.807, 2.05) is 0 Å². The molecule has 2 aliphatic carbocycles. The largest absolute Gasteiger partial charge is 0.0654 e. The number of unbranched alkanes of at least 4 members (excludes halogenated alkanes) is 4. The van der Waals surface area contributed by atoms with Crippen LogP contribution < -0.4 is 0 Å². The van der Waals surface area contributed by atoms with Crippen molar-refractivity contribution in [1.29, 1.82) is 0 Å². The molecule has 26 heavy (non-hydrogen) atoms.